The van der Waals surface area contributed by atoms with Gasteiger partial charge in [-0.1, -0.05) is 141 Å². The number of hydrogen-bond acceptors (Lipinski definition) is 4. The third kappa shape index (κ3) is 30.3. The quantitative estimate of drug-likeness (QED) is 0.0287. The fourth-order valence-electron chi connectivity index (χ4n) is 7.24. The number of esters is 2. The number of unbranched alkanes of at least 4 members (excludes halogenated alkanes) is 22. The molecule has 0 amide bonds. The Labute approximate surface area is 317 Å². The number of carbonyl (C=O) groups is 2. The molecule has 1 aliphatic rings. The first-order chi connectivity index (χ1) is 23.9. The number of quaternary nitrogens is 1. The lowest BCUT2D eigenvalue weighted by molar-refractivity contribution is -0.880. The zero-order valence-electron chi connectivity index (χ0n) is 33.5. The van der Waals surface area contributed by atoms with E-state index in [4.69, 9.17) is 9.47 Å². The van der Waals surface area contributed by atoms with E-state index in [0.717, 1.165) is 43.3 Å². The molecule has 1 aliphatic heterocycles. The Kier molecular flexibility index (Phi) is 33.8. The molecular weight excluding hydrogens is 642 g/mol. The minimum Gasteiger partial charge on any atom is -1.00 e. The number of allylic oxidation sites excluding steroid dienone is 4. The van der Waals surface area contributed by atoms with Crippen LogP contribution in [0.4, 0.5) is 0 Å². The zero-order valence-corrected chi connectivity index (χ0v) is 34.3. The van der Waals surface area contributed by atoms with Crippen LogP contribution in [-0.2, 0) is 19.1 Å². The Hall–Kier alpha value is -1.33. The molecule has 50 heavy (non-hydrogen) atoms. The molecule has 5 nitrogen and oxygen atoms in total. The van der Waals surface area contributed by atoms with E-state index < -0.39 is 0 Å². The second-order valence-electron chi connectivity index (χ2n) is 15.9. The van der Waals surface area contributed by atoms with Gasteiger partial charge >= 0.3 is 11.9 Å². The maximum atomic E-state index is 12.5. The van der Waals surface area contributed by atoms with Gasteiger partial charge in [0.25, 0.3) is 0 Å². The summed E-state index contributed by atoms with van der Waals surface area (Å²) >= 11 is 0. The SMILES string of the molecule is CCCCCCCC/C=C\CCCCCCCC(=O)OC[C@H]1C[N+](C)(C)C[C@@H]1COC(=O)CCCCCCC/C=C\CCCCCCCC.[Cl-]. The minimum absolute atomic E-state index is 0. The van der Waals surface area contributed by atoms with Gasteiger partial charge in [-0.2, -0.15) is 0 Å². The molecule has 0 radical (unpaired) electrons. The van der Waals surface area contributed by atoms with Crippen LogP contribution in [0.3, 0.4) is 0 Å². The highest BCUT2D eigenvalue weighted by Gasteiger charge is 2.41. The Morgan fingerprint density at radius 3 is 1.08 bits per heavy atom. The van der Waals surface area contributed by atoms with Crippen LogP contribution in [0.25, 0.3) is 0 Å². The molecule has 0 unspecified atom stereocenters. The number of likely N-dealkylation sites (tertiary alicyclic amines) is 1. The molecule has 0 aromatic heterocycles. The van der Waals surface area contributed by atoms with Gasteiger partial charge in [0.15, 0.2) is 0 Å². The largest absolute Gasteiger partial charge is 1.00 e. The van der Waals surface area contributed by atoms with Gasteiger partial charge in [0.1, 0.15) is 13.2 Å². The average Bonchev–Trinajstić information content (AvgIpc) is 3.39. The molecule has 0 aromatic rings. The zero-order chi connectivity index (χ0) is 35.7. The fourth-order valence-corrected chi connectivity index (χ4v) is 7.24. The number of hydrogen-bond donors (Lipinski definition) is 0. The number of ether oxygens (including phenoxy) is 2. The molecular formula is C44H82ClNO4. The summed E-state index contributed by atoms with van der Waals surface area (Å²) < 4.78 is 12.3. The molecule has 1 fully saturated rings. The summed E-state index contributed by atoms with van der Waals surface area (Å²) in [7, 11) is 4.43. The van der Waals surface area contributed by atoms with Crippen molar-refractivity contribution in [1.82, 2.24) is 0 Å². The van der Waals surface area contributed by atoms with E-state index in [2.05, 4.69) is 52.2 Å². The summed E-state index contributed by atoms with van der Waals surface area (Å²) in [5.41, 5.74) is 0. The number of rotatable bonds is 34. The summed E-state index contributed by atoms with van der Waals surface area (Å²) in [6.07, 6.45) is 43.1. The van der Waals surface area contributed by atoms with Gasteiger partial charge in [-0.25, -0.2) is 0 Å². The average molecular weight is 725 g/mol. The van der Waals surface area contributed by atoms with Crippen LogP contribution in [0.2, 0.25) is 0 Å². The number of nitrogens with zero attached hydrogens (tertiary/aromatic N) is 1. The van der Waals surface area contributed by atoms with Crippen molar-refractivity contribution in [3.63, 3.8) is 0 Å². The van der Waals surface area contributed by atoms with Crippen LogP contribution in [0, 0.1) is 11.8 Å². The number of halogens is 1. The lowest BCUT2D eigenvalue weighted by Gasteiger charge is -2.23. The van der Waals surface area contributed by atoms with Gasteiger partial charge in [0.2, 0.25) is 0 Å². The summed E-state index contributed by atoms with van der Waals surface area (Å²) in [5.74, 6) is 0.353. The molecule has 1 saturated heterocycles. The third-order valence-corrected chi connectivity index (χ3v) is 10.3. The van der Waals surface area contributed by atoms with E-state index in [1.807, 2.05) is 0 Å². The van der Waals surface area contributed by atoms with Crippen LogP contribution in [-0.4, -0.2) is 56.8 Å². The lowest BCUT2D eigenvalue weighted by Crippen LogP contribution is -3.00. The standard InChI is InChI=1S/C44H82NO4.ClH/c1-5-7-9-11-13-15-17-19-21-23-25-27-29-31-33-35-43(46)48-39-41-37-45(3,4)38-42(41)40-49-44(47)36-34-32-30-28-26-24-22-20-18-16-14-12-10-8-6-2;/h19-22,41-42H,5-18,23-40H2,1-4H3;1H/q+1;/p-1/b21-19-,22-20-;/t41-,42-;/m1./s1. The summed E-state index contributed by atoms with van der Waals surface area (Å²) in [6, 6.07) is 0. The van der Waals surface area contributed by atoms with Crippen molar-refractivity contribution in [2.24, 2.45) is 11.8 Å². The fraction of sp³-hybridized carbons (Fsp3) is 0.864. The topological polar surface area (TPSA) is 52.6 Å². The Morgan fingerprint density at radius 2 is 0.760 bits per heavy atom. The number of carbonyl (C=O) groups excluding carboxylic acids is 2. The molecule has 2 atom stereocenters. The second kappa shape index (κ2) is 34.7. The molecule has 6 heteroatoms. The molecule has 0 aromatic carbocycles. The summed E-state index contributed by atoms with van der Waals surface area (Å²) in [4.78, 5) is 24.9. The van der Waals surface area contributed by atoms with E-state index in [9.17, 15) is 9.59 Å². The van der Waals surface area contributed by atoms with Crippen molar-refractivity contribution in [3.8, 4) is 0 Å². The first kappa shape index (κ1) is 48.7. The van der Waals surface area contributed by atoms with Gasteiger partial charge < -0.3 is 26.4 Å². The predicted octanol–water partition coefficient (Wildman–Crippen LogP) is 9.47. The minimum atomic E-state index is -0.0743. The molecule has 1 heterocycles. The molecule has 294 valence electrons. The van der Waals surface area contributed by atoms with E-state index in [1.54, 1.807) is 0 Å². The lowest BCUT2D eigenvalue weighted by atomic mass is 9.98. The molecule has 0 spiro atoms. The first-order valence-corrected chi connectivity index (χ1v) is 21.3. The monoisotopic (exact) mass is 724 g/mol. The van der Waals surface area contributed by atoms with Crippen molar-refractivity contribution in [3.05, 3.63) is 24.3 Å². The van der Waals surface area contributed by atoms with Crippen molar-refractivity contribution in [2.45, 2.75) is 194 Å². The van der Waals surface area contributed by atoms with E-state index in [-0.39, 0.29) is 36.2 Å². The summed E-state index contributed by atoms with van der Waals surface area (Å²) in [6.45, 7) is 7.35. The molecule has 0 bridgehead atoms. The molecule has 0 saturated carbocycles. The van der Waals surface area contributed by atoms with Gasteiger partial charge in [0.05, 0.1) is 39.0 Å². The Bertz CT molecular complexity index is 776. The maximum absolute atomic E-state index is 12.5. The van der Waals surface area contributed by atoms with Crippen LogP contribution in [0.15, 0.2) is 24.3 Å². The highest BCUT2D eigenvalue weighted by molar-refractivity contribution is 5.69. The van der Waals surface area contributed by atoms with Crippen LogP contribution in [0.1, 0.15) is 194 Å². The Morgan fingerprint density at radius 1 is 0.480 bits per heavy atom. The van der Waals surface area contributed by atoms with E-state index >= 15 is 0 Å². The van der Waals surface area contributed by atoms with Crippen LogP contribution >= 0.6 is 0 Å². The van der Waals surface area contributed by atoms with E-state index in [1.165, 1.54) is 141 Å². The van der Waals surface area contributed by atoms with Crippen molar-refractivity contribution in [2.75, 3.05) is 40.4 Å². The van der Waals surface area contributed by atoms with Crippen molar-refractivity contribution < 1.29 is 36.0 Å². The van der Waals surface area contributed by atoms with Gasteiger partial charge in [-0.15, -0.1) is 0 Å². The van der Waals surface area contributed by atoms with Gasteiger partial charge in [-0.3, -0.25) is 9.59 Å². The van der Waals surface area contributed by atoms with Crippen LogP contribution in [0.5, 0.6) is 0 Å². The molecule has 0 aliphatic carbocycles. The smallest absolute Gasteiger partial charge is 0.305 e. The maximum Gasteiger partial charge on any atom is 0.305 e. The van der Waals surface area contributed by atoms with Gasteiger partial charge in [0, 0.05) is 12.8 Å². The van der Waals surface area contributed by atoms with Crippen molar-refractivity contribution >= 4 is 11.9 Å². The van der Waals surface area contributed by atoms with E-state index in [0.29, 0.717) is 26.1 Å². The molecule has 0 N–H and O–H groups in total. The highest BCUT2D eigenvalue weighted by atomic mass is 35.5. The van der Waals surface area contributed by atoms with Gasteiger partial charge in [-0.05, 0) is 64.2 Å². The third-order valence-electron chi connectivity index (χ3n) is 10.3. The Balaban J connectivity index is 0.0000240. The normalized spacial score (nSPS) is 17.0. The first-order valence-electron chi connectivity index (χ1n) is 21.3. The summed E-state index contributed by atoms with van der Waals surface area (Å²) in [5, 5.41) is 0. The van der Waals surface area contributed by atoms with Crippen LogP contribution < -0.4 is 12.4 Å². The molecule has 1 rings (SSSR count). The second-order valence-corrected chi connectivity index (χ2v) is 15.9. The predicted molar refractivity (Wildman–Crippen MR) is 210 cm³/mol. The highest BCUT2D eigenvalue weighted by Crippen LogP contribution is 2.28. The van der Waals surface area contributed by atoms with Crippen molar-refractivity contribution in [1.29, 1.82) is 0 Å².